The van der Waals surface area contributed by atoms with Crippen molar-refractivity contribution < 1.29 is 14.1 Å². The number of halogens is 1. The fourth-order valence-corrected chi connectivity index (χ4v) is 4.71. The minimum atomic E-state index is 0.189. The molecule has 3 aromatic rings. The van der Waals surface area contributed by atoms with Crippen LogP contribution in [0.25, 0.3) is 11.4 Å². The van der Waals surface area contributed by atoms with E-state index in [1.54, 1.807) is 18.4 Å². The maximum absolute atomic E-state index is 12.6. The number of amides is 1. The molecule has 0 saturated carbocycles. The summed E-state index contributed by atoms with van der Waals surface area (Å²) in [5, 5.41) is 4.04. The topological polar surface area (TPSA) is 71.7 Å². The predicted octanol–water partition coefficient (Wildman–Crippen LogP) is 4.13. The van der Waals surface area contributed by atoms with Crippen LogP contribution in [0.15, 0.2) is 40.9 Å². The molecule has 0 bridgehead atoms. The Kier molecular flexibility index (Phi) is 7.21. The van der Waals surface area contributed by atoms with Gasteiger partial charge >= 0.3 is 0 Å². The van der Waals surface area contributed by atoms with Gasteiger partial charge in [0.15, 0.2) is 0 Å². The molecule has 0 spiro atoms. The van der Waals surface area contributed by atoms with Crippen molar-refractivity contribution in [2.24, 2.45) is 0 Å². The highest BCUT2D eigenvalue weighted by Crippen LogP contribution is 2.23. The van der Waals surface area contributed by atoms with E-state index in [1.807, 2.05) is 35.2 Å². The average molecular weight is 461 g/mol. The minimum absolute atomic E-state index is 0.189. The van der Waals surface area contributed by atoms with E-state index in [0.29, 0.717) is 31.0 Å². The zero-order chi connectivity index (χ0) is 21.6. The van der Waals surface area contributed by atoms with Crippen LogP contribution in [0.5, 0.6) is 5.75 Å². The summed E-state index contributed by atoms with van der Waals surface area (Å²) in [5.41, 5.74) is 0.870. The summed E-state index contributed by atoms with van der Waals surface area (Å²) in [6, 6.07) is 11.5. The van der Waals surface area contributed by atoms with E-state index < -0.39 is 0 Å². The van der Waals surface area contributed by atoms with Gasteiger partial charge in [0.1, 0.15) is 5.75 Å². The van der Waals surface area contributed by atoms with Gasteiger partial charge < -0.3 is 14.2 Å². The number of hydrogen-bond donors (Lipinski definition) is 0. The van der Waals surface area contributed by atoms with Crippen LogP contribution in [0, 0.1) is 0 Å². The van der Waals surface area contributed by atoms with Crippen molar-refractivity contribution >= 4 is 28.8 Å². The van der Waals surface area contributed by atoms with Crippen LogP contribution >= 0.6 is 22.9 Å². The first kappa shape index (κ1) is 21.8. The molecule has 1 fully saturated rings. The summed E-state index contributed by atoms with van der Waals surface area (Å²) >= 11 is 7.62. The molecule has 2 aromatic heterocycles. The first-order valence-corrected chi connectivity index (χ1v) is 11.5. The number of methoxy groups -OCH3 is 1. The molecule has 9 heteroatoms. The number of ether oxygens (including phenoxy) is 1. The number of aromatic nitrogens is 2. The van der Waals surface area contributed by atoms with Crippen molar-refractivity contribution in [1.82, 2.24) is 19.9 Å². The van der Waals surface area contributed by atoms with Crippen molar-refractivity contribution in [3.05, 3.63) is 51.5 Å². The Morgan fingerprint density at radius 3 is 2.61 bits per heavy atom. The number of carbonyl (C=O) groups excluding carboxylic acids is 1. The molecule has 1 aromatic carbocycles. The quantitative estimate of drug-likeness (QED) is 0.503. The van der Waals surface area contributed by atoms with Gasteiger partial charge in [-0.3, -0.25) is 9.69 Å². The lowest BCUT2D eigenvalue weighted by atomic mass is 10.2. The van der Waals surface area contributed by atoms with Crippen LogP contribution < -0.4 is 4.74 Å². The molecule has 1 aliphatic rings. The number of hydrogen-bond acceptors (Lipinski definition) is 7. The summed E-state index contributed by atoms with van der Waals surface area (Å²) in [6.07, 6.45) is 1.77. The molecule has 1 amide bonds. The van der Waals surface area contributed by atoms with E-state index in [2.05, 4.69) is 21.1 Å². The Morgan fingerprint density at radius 2 is 1.94 bits per heavy atom. The van der Waals surface area contributed by atoms with E-state index in [-0.39, 0.29) is 5.91 Å². The monoisotopic (exact) mass is 460 g/mol. The van der Waals surface area contributed by atoms with E-state index in [4.69, 9.17) is 20.9 Å². The number of nitrogens with zero attached hydrogens (tertiary/aromatic N) is 4. The normalized spacial score (nSPS) is 14.7. The van der Waals surface area contributed by atoms with Crippen LogP contribution in [0.2, 0.25) is 4.34 Å². The number of aryl methyl sites for hydroxylation is 1. The molecule has 1 aliphatic heterocycles. The molecule has 0 atom stereocenters. The highest BCUT2D eigenvalue weighted by atomic mass is 35.5. The highest BCUT2D eigenvalue weighted by molar-refractivity contribution is 7.16. The number of carbonyl (C=O) groups is 1. The Balaban J connectivity index is 1.19. The van der Waals surface area contributed by atoms with Crippen molar-refractivity contribution in [2.75, 3.05) is 33.3 Å². The van der Waals surface area contributed by atoms with Crippen LogP contribution in [0.3, 0.4) is 0 Å². The van der Waals surface area contributed by atoms with Gasteiger partial charge in [-0.05, 0) is 42.8 Å². The maximum Gasteiger partial charge on any atom is 0.226 e. The number of thiophene rings is 1. The van der Waals surface area contributed by atoms with E-state index in [0.717, 1.165) is 48.4 Å². The summed E-state index contributed by atoms with van der Waals surface area (Å²) in [4.78, 5) is 22.6. The highest BCUT2D eigenvalue weighted by Gasteiger charge is 2.21. The molecular weight excluding hydrogens is 436 g/mol. The molecule has 7 nitrogen and oxygen atoms in total. The fourth-order valence-electron chi connectivity index (χ4n) is 3.58. The summed E-state index contributed by atoms with van der Waals surface area (Å²) in [7, 11) is 1.63. The molecule has 164 valence electrons. The van der Waals surface area contributed by atoms with Crippen LogP contribution in [0.4, 0.5) is 0 Å². The van der Waals surface area contributed by atoms with Crippen molar-refractivity contribution in [3.8, 4) is 17.1 Å². The summed E-state index contributed by atoms with van der Waals surface area (Å²) in [6.45, 7) is 4.19. The van der Waals surface area contributed by atoms with Gasteiger partial charge in [-0.1, -0.05) is 16.8 Å². The summed E-state index contributed by atoms with van der Waals surface area (Å²) < 4.78 is 11.3. The van der Waals surface area contributed by atoms with Crippen LogP contribution in [-0.2, 0) is 17.8 Å². The van der Waals surface area contributed by atoms with E-state index >= 15 is 0 Å². The second-order valence-electron chi connectivity index (χ2n) is 7.46. The van der Waals surface area contributed by atoms with Gasteiger partial charge in [0.05, 0.1) is 11.4 Å². The smallest absolute Gasteiger partial charge is 0.226 e. The first-order chi connectivity index (χ1) is 15.1. The van der Waals surface area contributed by atoms with Gasteiger partial charge in [0.2, 0.25) is 17.6 Å². The maximum atomic E-state index is 12.6. The van der Waals surface area contributed by atoms with Gasteiger partial charge in [0.25, 0.3) is 0 Å². The lowest BCUT2D eigenvalue weighted by molar-refractivity contribution is -0.133. The molecule has 1 saturated heterocycles. The second-order valence-corrected chi connectivity index (χ2v) is 9.26. The molecule has 0 radical (unpaired) electrons. The Labute approximate surface area is 190 Å². The Bertz CT molecular complexity index is 996. The second kappa shape index (κ2) is 10.3. The SMILES string of the molecule is COc1ccc(-c2noc(CCCC(=O)N3CCN(Cc4ccc(Cl)s4)CC3)n2)cc1. The zero-order valence-corrected chi connectivity index (χ0v) is 19.0. The van der Waals surface area contributed by atoms with Crippen molar-refractivity contribution in [2.45, 2.75) is 25.8 Å². The van der Waals surface area contributed by atoms with Crippen LogP contribution in [0.1, 0.15) is 23.6 Å². The van der Waals surface area contributed by atoms with E-state index in [9.17, 15) is 4.79 Å². The Morgan fingerprint density at radius 1 is 1.16 bits per heavy atom. The molecule has 31 heavy (non-hydrogen) atoms. The zero-order valence-electron chi connectivity index (χ0n) is 17.4. The lowest BCUT2D eigenvalue weighted by Gasteiger charge is -2.34. The van der Waals surface area contributed by atoms with Crippen LogP contribution in [-0.4, -0.2) is 59.1 Å². The molecule has 0 unspecified atom stereocenters. The van der Waals surface area contributed by atoms with Crippen molar-refractivity contribution in [1.29, 1.82) is 0 Å². The van der Waals surface area contributed by atoms with Gasteiger partial charge in [0, 0.05) is 56.0 Å². The summed E-state index contributed by atoms with van der Waals surface area (Å²) in [5.74, 6) is 2.07. The molecular formula is C22H25ClN4O3S. The van der Waals surface area contributed by atoms with Gasteiger partial charge in [-0.25, -0.2) is 0 Å². The number of piperazine rings is 1. The lowest BCUT2D eigenvalue weighted by Crippen LogP contribution is -2.48. The average Bonchev–Trinajstić information content (AvgIpc) is 3.43. The molecule has 4 rings (SSSR count). The fraction of sp³-hybridized carbons (Fsp3) is 0.409. The van der Waals surface area contributed by atoms with Gasteiger partial charge in [-0.2, -0.15) is 4.98 Å². The molecule has 0 N–H and O–H groups in total. The third-order valence-corrected chi connectivity index (χ3v) is 6.55. The van der Waals surface area contributed by atoms with Gasteiger partial charge in [-0.15, -0.1) is 11.3 Å². The number of rotatable bonds is 8. The predicted molar refractivity (Wildman–Crippen MR) is 120 cm³/mol. The standard InChI is InChI=1S/C22H25ClN4O3S/c1-29-17-7-5-16(6-8-17)22-24-20(30-25-22)3-2-4-21(28)27-13-11-26(12-14-27)15-18-9-10-19(23)31-18/h5-10H,2-4,11-15H2,1H3. The van der Waals surface area contributed by atoms with E-state index in [1.165, 1.54) is 4.88 Å². The largest absolute Gasteiger partial charge is 0.497 e. The number of benzene rings is 1. The first-order valence-electron chi connectivity index (χ1n) is 10.3. The van der Waals surface area contributed by atoms with Crippen molar-refractivity contribution in [3.63, 3.8) is 0 Å². The Hall–Kier alpha value is -2.42. The molecule has 0 aliphatic carbocycles. The molecule has 3 heterocycles. The third kappa shape index (κ3) is 5.84. The third-order valence-electron chi connectivity index (χ3n) is 5.33. The minimum Gasteiger partial charge on any atom is -0.497 e.